The zero-order chi connectivity index (χ0) is 24.2. The highest BCUT2D eigenvalue weighted by Crippen LogP contribution is 2.45. The first-order chi connectivity index (χ1) is 16.3. The first kappa shape index (κ1) is 23.5. The molecule has 0 radical (unpaired) electrons. The van der Waals surface area contributed by atoms with E-state index in [-0.39, 0.29) is 42.8 Å². The first-order valence-corrected chi connectivity index (χ1v) is 11.7. The summed E-state index contributed by atoms with van der Waals surface area (Å²) in [4.78, 5) is 63.5. The minimum absolute atomic E-state index is 0.00255. The largest absolute Gasteiger partial charge is 0.533 e. The highest BCUT2D eigenvalue weighted by Gasteiger charge is 2.35. The Labute approximate surface area is 199 Å². The Bertz CT molecular complexity index is 1160. The van der Waals surface area contributed by atoms with Crippen molar-refractivity contribution in [2.24, 2.45) is 0 Å². The number of amides is 3. The summed E-state index contributed by atoms with van der Waals surface area (Å²) in [6.07, 6.45) is -0.940. The highest BCUT2D eigenvalue weighted by atomic mass is 32.2. The van der Waals surface area contributed by atoms with Gasteiger partial charge in [0, 0.05) is 43.5 Å². The van der Waals surface area contributed by atoms with E-state index in [2.05, 4.69) is 5.32 Å². The van der Waals surface area contributed by atoms with Crippen molar-refractivity contribution in [2.75, 3.05) is 17.7 Å². The lowest BCUT2D eigenvalue weighted by molar-refractivity contribution is -0.177. The minimum atomic E-state index is -1.14. The number of imide groups is 1. The normalized spacial score (nSPS) is 16.1. The molecule has 3 amide bonds. The Balaban J connectivity index is 1.46. The molecular formula is C24H22N2O7S. The number of benzene rings is 2. The summed E-state index contributed by atoms with van der Waals surface area (Å²) in [7, 11) is 0. The number of hydrogen-bond donors (Lipinski definition) is 1. The Kier molecular flexibility index (Phi) is 6.97. The quantitative estimate of drug-likeness (QED) is 0.469. The molecule has 0 aromatic heterocycles. The van der Waals surface area contributed by atoms with Crippen molar-refractivity contribution in [2.45, 2.75) is 32.1 Å². The molecule has 1 unspecified atom stereocenters. The van der Waals surface area contributed by atoms with Crippen LogP contribution in [0.2, 0.25) is 0 Å². The van der Waals surface area contributed by atoms with Crippen molar-refractivity contribution in [3.63, 3.8) is 0 Å². The number of anilines is 1. The van der Waals surface area contributed by atoms with Gasteiger partial charge in [0.2, 0.25) is 5.91 Å². The molecule has 0 bridgehead atoms. The lowest BCUT2D eigenvalue weighted by Crippen LogP contribution is -2.32. The molecule has 1 N–H and O–H groups in total. The van der Waals surface area contributed by atoms with Crippen LogP contribution in [-0.4, -0.2) is 46.4 Å². The summed E-state index contributed by atoms with van der Waals surface area (Å²) >= 11 is 1.10. The molecule has 2 aromatic rings. The zero-order valence-electron chi connectivity index (χ0n) is 18.4. The van der Waals surface area contributed by atoms with Gasteiger partial charge >= 0.3 is 6.16 Å². The van der Waals surface area contributed by atoms with E-state index >= 15 is 0 Å². The number of rotatable bonds is 7. The number of nitrogens with zero attached hydrogens (tertiary/aromatic N) is 1. The van der Waals surface area contributed by atoms with Crippen molar-refractivity contribution < 1.29 is 33.5 Å². The number of thioether (sulfide) groups is 1. The van der Waals surface area contributed by atoms with Crippen molar-refractivity contribution in [3.05, 3.63) is 53.6 Å². The molecule has 1 saturated heterocycles. The van der Waals surface area contributed by atoms with Crippen LogP contribution in [0.3, 0.4) is 0 Å². The number of hydroxylamine groups is 2. The number of hydrogen-bond acceptors (Lipinski definition) is 8. The lowest BCUT2D eigenvalue weighted by atomic mass is 9.97. The smallest absolute Gasteiger partial charge is 0.432 e. The van der Waals surface area contributed by atoms with Crippen LogP contribution in [0.1, 0.15) is 43.2 Å². The summed E-state index contributed by atoms with van der Waals surface area (Å²) in [5.74, 6) is -1.30. The summed E-state index contributed by atoms with van der Waals surface area (Å²) in [6.45, 7) is 1.38. The van der Waals surface area contributed by atoms with Gasteiger partial charge in [-0.2, -0.15) is 0 Å². The van der Waals surface area contributed by atoms with Crippen LogP contribution in [0.4, 0.5) is 10.5 Å². The fourth-order valence-electron chi connectivity index (χ4n) is 3.99. The zero-order valence-corrected chi connectivity index (χ0v) is 19.2. The number of carbonyl (C=O) groups excluding carboxylic acids is 5. The van der Waals surface area contributed by atoms with E-state index in [4.69, 9.17) is 9.57 Å². The molecule has 1 atom stereocenters. The van der Waals surface area contributed by atoms with Gasteiger partial charge in [0.25, 0.3) is 11.8 Å². The van der Waals surface area contributed by atoms with Crippen LogP contribution in [0.5, 0.6) is 0 Å². The van der Waals surface area contributed by atoms with Crippen molar-refractivity contribution >= 4 is 46.4 Å². The van der Waals surface area contributed by atoms with Gasteiger partial charge in [-0.1, -0.05) is 47.2 Å². The second-order valence-corrected chi connectivity index (χ2v) is 9.09. The Hall–Kier alpha value is -3.66. The molecule has 2 aromatic carbocycles. The monoisotopic (exact) mass is 482 g/mol. The number of nitrogens with one attached hydrogen (secondary N) is 1. The third-order valence-corrected chi connectivity index (χ3v) is 6.33. The molecule has 4 rings (SSSR count). The molecule has 0 saturated carbocycles. The minimum Gasteiger partial charge on any atom is -0.432 e. The van der Waals surface area contributed by atoms with Gasteiger partial charge in [0.1, 0.15) is 6.61 Å². The summed E-state index contributed by atoms with van der Waals surface area (Å²) < 4.78 is 5.27. The van der Waals surface area contributed by atoms with Gasteiger partial charge in [-0.3, -0.25) is 24.0 Å². The maximum Gasteiger partial charge on any atom is 0.533 e. The Morgan fingerprint density at radius 2 is 1.74 bits per heavy atom. The first-order valence-electron chi connectivity index (χ1n) is 10.7. The van der Waals surface area contributed by atoms with E-state index in [0.29, 0.717) is 16.5 Å². The summed E-state index contributed by atoms with van der Waals surface area (Å²) in [5.41, 5.74) is 4.33. The number of fused-ring (bicyclic) bond motifs is 3. The number of carbonyl (C=O) groups is 5. The third kappa shape index (κ3) is 5.12. The van der Waals surface area contributed by atoms with Crippen LogP contribution in [0, 0.1) is 0 Å². The Morgan fingerprint density at radius 3 is 2.47 bits per heavy atom. The van der Waals surface area contributed by atoms with Gasteiger partial charge in [-0.15, -0.1) is 0 Å². The average molecular weight is 483 g/mol. The fraction of sp³-hybridized carbons (Fsp3) is 0.292. The molecule has 1 aliphatic heterocycles. The van der Waals surface area contributed by atoms with Crippen molar-refractivity contribution in [1.82, 2.24) is 5.06 Å². The van der Waals surface area contributed by atoms with Crippen LogP contribution < -0.4 is 5.32 Å². The van der Waals surface area contributed by atoms with Gasteiger partial charge in [0.05, 0.1) is 0 Å². The number of ether oxygens (including phenoxy) is 1. The maximum atomic E-state index is 12.2. The molecular weight excluding hydrogens is 460 g/mol. The van der Waals surface area contributed by atoms with Crippen LogP contribution in [0.25, 0.3) is 11.1 Å². The molecule has 1 fully saturated rings. The van der Waals surface area contributed by atoms with Crippen LogP contribution in [-0.2, 0) is 28.8 Å². The average Bonchev–Trinajstić information content (AvgIpc) is 3.28. The third-order valence-electron chi connectivity index (χ3n) is 5.51. The van der Waals surface area contributed by atoms with E-state index in [0.717, 1.165) is 34.0 Å². The van der Waals surface area contributed by atoms with Crippen molar-refractivity contribution in [1.29, 1.82) is 0 Å². The van der Waals surface area contributed by atoms with E-state index in [9.17, 15) is 24.0 Å². The molecule has 1 heterocycles. The molecule has 176 valence electrons. The van der Waals surface area contributed by atoms with Gasteiger partial charge in [-0.25, -0.2) is 4.79 Å². The second-order valence-electron chi connectivity index (χ2n) is 7.81. The molecule has 0 spiro atoms. The lowest BCUT2D eigenvalue weighted by Gasteiger charge is -2.16. The second kappa shape index (κ2) is 10.1. The van der Waals surface area contributed by atoms with Crippen molar-refractivity contribution in [3.8, 4) is 11.1 Å². The summed E-state index contributed by atoms with van der Waals surface area (Å²) in [6, 6.07) is 13.2. The van der Waals surface area contributed by atoms with Crippen LogP contribution >= 0.6 is 11.8 Å². The van der Waals surface area contributed by atoms with E-state index in [1.54, 1.807) is 6.07 Å². The molecule has 1 aliphatic carbocycles. The Morgan fingerprint density at radius 1 is 1.03 bits per heavy atom. The SMILES string of the molecule is CC(=O)SCCC(=O)Nc1ccc2c(c1)C(COC(=O)ON1C(=O)CCC1=O)c1ccccc1-2. The predicted molar refractivity (Wildman–Crippen MR) is 124 cm³/mol. The molecule has 34 heavy (non-hydrogen) atoms. The van der Waals surface area contributed by atoms with E-state index in [1.165, 1.54) is 6.92 Å². The van der Waals surface area contributed by atoms with E-state index in [1.807, 2.05) is 36.4 Å². The highest BCUT2D eigenvalue weighted by molar-refractivity contribution is 8.13. The molecule has 2 aliphatic rings. The summed E-state index contributed by atoms with van der Waals surface area (Å²) in [5, 5.41) is 3.24. The van der Waals surface area contributed by atoms with Gasteiger partial charge in [0.15, 0.2) is 5.12 Å². The van der Waals surface area contributed by atoms with Gasteiger partial charge in [-0.05, 0) is 34.4 Å². The topological polar surface area (TPSA) is 119 Å². The predicted octanol–water partition coefficient (Wildman–Crippen LogP) is 3.62. The van der Waals surface area contributed by atoms with Gasteiger partial charge < -0.3 is 10.1 Å². The van der Waals surface area contributed by atoms with Crippen LogP contribution in [0.15, 0.2) is 42.5 Å². The molecule has 9 nitrogen and oxygen atoms in total. The fourth-order valence-corrected chi connectivity index (χ4v) is 4.56. The standard InChI is InChI=1S/C24H22N2O7S/c1-14(27)34-11-10-21(28)25-15-6-7-18-16-4-2-3-5-17(16)20(19(18)12-15)13-32-24(31)33-26-22(29)8-9-23(26)30/h2-7,12,20H,8-11,13H2,1H3,(H,25,28). The maximum absolute atomic E-state index is 12.2. The molecule has 10 heteroatoms. The van der Waals surface area contributed by atoms with E-state index < -0.39 is 18.0 Å².